The van der Waals surface area contributed by atoms with Gasteiger partial charge in [0.15, 0.2) is 5.17 Å². The Hall–Kier alpha value is 0.170. The predicted molar refractivity (Wildman–Crippen MR) is 67.4 cm³/mol. The number of nitrogens with one attached hydrogen (secondary N) is 1. The van der Waals surface area contributed by atoms with Crippen molar-refractivity contribution in [3.05, 3.63) is 0 Å². The number of hydrogen-bond acceptors (Lipinski definition) is 3. The molecule has 2 fully saturated rings. The number of rotatable bonds is 1. The first kappa shape index (κ1) is 10.7. The number of amidine groups is 1. The zero-order chi connectivity index (χ0) is 9.97. The zero-order valence-electron chi connectivity index (χ0n) is 8.82. The molecule has 0 aromatic heterocycles. The number of aliphatic imine (C=N–C) groups is 1. The lowest BCUT2D eigenvalue weighted by molar-refractivity contribution is 0.627. The van der Waals surface area contributed by atoms with Crippen LogP contribution >= 0.6 is 23.5 Å². The highest BCUT2D eigenvalue weighted by molar-refractivity contribution is 8.13. The van der Waals surface area contributed by atoms with Crippen LogP contribution in [0.1, 0.15) is 26.7 Å². The quantitative estimate of drug-likeness (QED) is 0.748. The molecule has 4 heteroatoms. The molecule has 0 aliphatic carbocycles. The fraction of sp³-hybridized carbons (Fsp3) is 0.900. The van der Waals surface area contributed by atoms with Gasteiger partial charge in [-0.25, -0.2) is 0 Å². The molecule has 0 aromatic rings. The SMILES string of the molecule is CC1CCSC(=NC2CCSC2C)N1. The van der Waals surface area contributed by atoms with E-state index < -0.39 is 0 Å². The fourth-order valence-electron chi connectivity index (χ4n) is 1.77. The third-order valence-electron chi connectivity index (χ3n) is 2.78. The minimum Gasteiger partial charge on any atom is -0.362 e. The summed E-state index contributed by atoms with van der Waals surface area (Å²) >= 11 is 3.94. The van der Waals surface area contributed by atoms with E-state index in [0.29, 0.717) is 17.3 Å². The summed E-state index contributed by atoms with van der Waals surface area (Å²) in [6.45, 7) is 4.53. The maximum atomic E-state index is 4.81. The molecule has 3 unspecified atom stereocenters. The van der Waals surface area contributed by atoms with E-state index in [1.54, 1.807) is 0 Å². The fourth-order valence-corrected chi connectivity index (χ4v) is 4.10. The minimum absolute atomic E-state index is 0.556. The van der Waals surface area contributed by atoms with Crippen LogP contribution in [0.3, 0.4) is 0 Å². The van der Waals surface area contributed by atoms with Crippen molar-refractivity contribution in [1.29, 1.82) is 0 Å². The van der Waals surface area contributed by atoms with Gasteiger partial charge >= 0.3 is 0 Å². The summed E-state index contributed by atoms with van der Waals surface area (Å²) in [4.78, 5) is 4.81. The molecule has 0 spiro atoms. The zero-order valence-corrected chi connectivity index (χ0v) is 10.5. The van der Waals surface area contributed by atoms with E-state index in [2.05, 4.69) is 30.9 Å². The van der Waals surface area contributed by atoms with Crippen LogP contribution in [0.25, 0.3) is 0 Å². The molecule has 2 heterocycles. The van der Waals surface area contributed by atoms with Crippen LogP contribution in [0.15, 0.2) is 4.99 Å². The Labute approximate surface area is 94.7 Å². The third kappa shape index (κ3) is 2.60. The van der Waals surface area contributed by atoms with Crippen molar-refractivity contribution in [2.45, 2.75) is 44.0 Å². The lowest BCUT2D eigenvalue weighted by Crippen LogP contribution is -2.36. The molecule has 2 aliphatic heterocycles. The Kier molecular flexibility index (Phi) is 3.66. The van der Waals surface area contributed by atoms with Crippen LogP contribution < -0.4 is 5.32 Å². The van der Waals surface area contributed by atoms with Crippen molar-refractivity contribution in [2.75, 3.05) is 11.5 Å². The standard InChI is InChI=1S/C10H18N2S2/c1-7-3-5-14-10(11-7)12-9-4-6-13-8(9)2/h7-9H,3-6H2,1-2H3,(H,11,12). The smallest absolute Gasteiger partial charge is 0.157 e. The van der Waals surface area contributed by atoms with Gasteiger partial charge in [0.2, 0.25) is 0 Å². The summed E-state index contributed by atoms with van der Waals surface area (Å²) in [6.07, 6.45) is 2.52. The summed E-state index contributed by atoms with van der Waals surface area (Å²) < 4.78 is 0. The van der Waals surface area contributed by atoms with Gasteiger partial charge in [0.25, 0.3) is 0 Å². The average Bonchev–Trinajstić information content (AvgIpc) is 2.52. The van der Waals surface area contributed by atoms with Gasteiger partial charge in [0.1, 0.15) is 0 Å². The van der Waals surface area contributed by atoms with Crippen molar-refractivity contribution in [1.82, 2.24) is 5.32 Å². The second kappa shape index (κ2) is 4.79. The molecule has 0 amide bonds. The van der Waals surface area contributed by atoms with Gasteiger partial charge in [-0.05, 0) is 25.5 Å². The van der Waals surface area contributed by atoms with Crippen molar-refractivity contribution in [3.63, 3.8) is 0 Å². The number of hydrogen-bond donors (Lipinski definition) is 1. The minimum atomic E-state index is 0.556. The van der Waals surface area contributed by atoms with Crippen LogP contribution in [0.4, 0.5) is 0 Å². The molecule has 2 aliphatic rings. The highest BCUT2D eigenvalue weighted by Gasteiger charge is 2.24. The molecule has 0 saturated carbocycles. The average molecular weight is 230 g/mol. The highest BCUT2D eigenvalue weighted by atomic mass is 32.2. The van der Waals surface area contributed by atoms with Gasteiger partial charge in [-0.2, -0.15) is 11.8 Å². The predicted octanol–water partition coefficient (Wildman–Crippen LogP) is 2.35. The number of nitrogens with zero attached hydrogens (tertiary/aromatic N) is 1. The summed E-state index contributed by atoms with van der Waals surface area (Å²) in [7, 11) is 0. The van der Waals surface area contributed by atoms with Gasteiger partial charge in [0, 0.05) is 17.0 Å². The largest absolute Gasteiger partial charge is 0.362 e. The lowest BCUT2D eigenvalue weighted by atomic mass is 10.2. The van der Waals surface area contributed by atoms with Crippen LogP contribution in [-0.2, 0) is 0 Å². The van der Waals surface area contributed by atoms with E-state index in [4.69, 9.17) is 4.99 Å². The van der Waals surface area contributed by atoms with Crippen LogP contribution in [0.5, 0.6) is 0 Å². The van der Waals surface area contributed by atoms with Gasteiger partial charge in [-0.3, -0.25) is 4.99 Å². The first-order valence-corrected chi connectivity index (χ1v) is 7.38. The monoisotopic (exact) mass is 230 g/mol. The van der Waals surface area contributed by atoms with E-state index in [9.17, 15) is 0 Å². The Morgan fingerprint density at radius 2 is 2.14 bits per heavy atom. The van der Waals surface area contributed by atoms with Crippen molar-refractivity contribution in [3.8, 4) is 0 Å². The first-order valence-electron chi connectivity index (χ1n) is 5.34. The topological polar surface area (TPSA) is 24.4 Å². The van der Waals surface area contributed by atoms with Crippen molar-refractivity contribution in [2.24, 2.45) is 4.99 Å². The second-order valence-electron chi connectivity index (χ2n) is 4.05. The molecule has 3 atom stereocenters. The van der Waals surface area contributed by atoms with Gasteiger partial charge in [-0.15, -0.1) is 0 Å². The van der Waals surface area contributed by atoms with E-state index >= 15 is 0 Å². The molecule has 0 aromatic carbocycles. The summed E-state index contributed by atoms with van der Waals surface area (Å²) in [6, 6.07) is 1.17. The normalized spacial score (nSPS) is 41.3. The molecule has 0 radical (unpaired) electrons. The Morgan fingerprint density at radius 1 is 1.29 bits per heavy atom. The van der Waals surface area contributed by atoms with Crippen LogP contribution in [0.2, 0.25) is 0 Å². The maximum absolute atomic E-state index is 4.81. The van der Waals surface area contributed by atoms with E-state index in [1.165, 1.54) is 29.5 Å². The van der Waals surface area contributed by atoms with Crippen LogP contribution in [-0.4, -0.2) is 34.0 Å². The van der Waals surface area contributed by atoms with Gasteiger partial charge < -0.3 is 5.32 Å². The molecule has 14 heavy (non-hydrogen) atoms. The Balaban J connectivity index is 1.95. The van der Waals surface area contributed by atoms with E-state index in [1.807, 2.05) is 11.8 Å². The molecule has 2 rings (SSSR count). The molecule has 80 valence electrons. The van der Waals surface area contributed by atoms with E-state index in [0.717, 1.165) is 0 Å². The summed E-state index contributed by atoms with van der Waals surface area (Å²) in [5.41, 5.74) is 0. The lowest BCUT2D eigenvalue weighted by Gasteiger charge is -2.23. The number of thioether (sulfide) groups is 2. The van der Waals surface area contributed by atoms with Crippen LogP contribution in [0, 0.1) is 0 Å². The molecule has 0 bridgehead atoms. The molecular weight excluding hydrogens is 212 g/mol. The first-order chi connectivity index (χ1) is 6.75. The van der Waals surface area contributed by atoms with Gasteiger partial charge in [-0.1, -0.05) is 18.7 Å². The van der Waals surface area contributed by atoms with E-state index in [-0.39, 0.29) is 0 Å². The summed E-state index contributed by atoms with van der Waals surface area (Å²) in [5.74, 6) is 2.50. The Morgan fingerprint density at radius 3 is 2.79 bits per heavy atom. The second-order valence-corrected chi connectivity index (χ2v) is 6.62. The molecule has 2 saturated heterocycles. The molecule has 2 nitrogen and oxygen atoms in total. The van der Waals surface area contributed by atoms with Gasteiger partial charge in [0.05, 0.1) is 6.04 Å². The molecular formula is C10H18N2S2. The highest BCUT2D eigenvalue weighted by Crippen LogP contribution is 2.29. The Bertz CT molecular complexity index is 230. The molecule has 1 N–H and O–H groups in total. The third-order valence-corrected chi connectivity index (χ3v) is 5.03. The maximum Gasteiger partial charge on any atom is 0.157 e. The summed E-state index contributed by atoms with van der Waals surface area (Å²) in [5, 5.41) is 5.36. The van der Waals surface area contributed by atoms with Crippen molar-refractivity contribution >= 4 is 28.7 Å². The van der Waals surface area contributed by atoms with Crippen molar-refractivity contribution < 1.29 is 0 Å².